The number of ether oxygens (including phenoxy) is 1. The number of rotatable bonds is 5. The van der Waals surface area contributed by atoms with E-state index >= 15 is 0 Å². The number of carbonyl (C=O) groups is 1. The lowest BCUT2D eigenvalue weighted by Gasteiger charge is -2.25. The Labute approximate surface area is 106 Å². The molecule has 1 aliphatic rings. The Hall–Kier alpha value is -1.40. The van der Waals surface area contributed by atoms with Gasteiger partial charge in [-0.3, -0.25) is 9.69 Å². The summed E-state index contributed by atoms with van der Waals surface area (Å²) in [6, 6.07) is 1.71. The summed E-state index contributed by atoms with van der Waals surface area (Å²) in [5, 5.41) is 6.56. The molecule has 0 aliphatic carbocycles. The van der Waals surface area contributed by atoms with Crippen molar-refractivity contribution in [1.82, 2.24) is 15.4 Å². The highest BCUT2D eigenvalue weighted by molar-refractivity contribution is 5.92. The standard InChI is InChI=1S/C12H19N3O3/c1-2-3-13-12(16)11-8-10(18-14-11)9-15-4-6-17-7-5-15/h8H,2-7,9H2,1H3,(H,13,16). The maximum atomic E-state index is 11.6. The molecule has 0 radical (unpaired) electrons. The minimum absolute atomic E-state index is 0.172. The van der Waals surface area contributed by atoms with Crippen LogP contribution in [0.2, 0.25) is 0 Å². The Bertz CT molecular complexity index is 386. The Morgan fingerprint density at radius 3 is 3.00 bits per heavy atom. The first kappa shape index (κ1) is 13.0. The van der Waals surface area contributed by atoms with Gasteiger partial charge in [-0.2, -0.15) is 0 Å². The number of nitrogens with one attached hydrogen (secondary N) is 1. The lowest BCUT2D eigenvalue weighted by Crippen LogP contribution is -2.35. The fourth-order valence-electron chi connectivity index (χ4n) is 1.80. The van der Waals surface area contributed by atoms with E-state index in [0.29, 0.717) is 18.8 Å². The molecule has 0 atom stereocenters. The minimum atomic E-state index is -0.172. The zero-order chi connectivity index (χ0) is 12.8. The molecular formula is C12H19N3O3. The molecule has 100 valence electrons. The maximum absolute atomic E-state index is 11.6. The van der Waals surface area contributed by atoms with Crippen LogP contribution in [-0.2, 0) is 11.3 Å². The molecule has 0 unspecified atom stereocenters. The minimum Gasteiger partial charge on any atom is -0.379 e. The third kappa shape index (κ3) is 3.54. The Balaban J connectivity index is 1.86. The fraction of sp³-hybridized carbons (Fsp3) is 0.667. The summed E-state index contributed by atoms with van der Waals surface area (Å²) < 4.78 is 10.4. The molecule has 0 saturated carbocycles. The van der Waals surface area contributed by atoms with Crippen LogP contribution < -0.4 is 5.32 Å². The second-order valence-electron chi connectivity index (χ2n) is 4.32. The SMILES string of the molecule is CCCNC(=O)c1cc(CN2CCOCC2)on1. The summed E-state index contributed by atoms with van der Waals surface area (Å²) in [6.45, 7) is 6.61. The summed E-state index contributed by atoms with van der Waals surface area (Å²) in [5.74, 6) is 0.548. The first-order valence-electron chi connectivity index (χ1n) is 6.33. The number of amides is 1. The van der Waals surface area contributed by atoms with Gasteiger partial charge in [0, 0.05) is 25.7 Å². The van der Waals surface area contributed by atoms with Crippen molar-refractivity contribution >= 4 is 5.91 Å². The number of carbonyl (C=O) groups excluding carboxylic acids is 1. The summed E-state index contributed by atoms with van der Waals surface area (Å²) in [4.78, 5) is 13.9. The number of nitrogens with zero attached hydrogens (tertiary/aromatic N) is 2. The van der Waals surface area contributed by atoms with Gasteiger partial charge in [0.2, 0.25) is 0 Å². The van der Waals surface area contributed by atoms with E-state index in [1.165, 1.54) is 0 Å². The largest absolute Gasteiger partial charge is 0.379 e. The molecular weight excluding hydrogens is 234 g/mol. The highest BCUT2D eigenvalue weighted by atomic mass is 16.5. The first-order chi connectivity index (χ1) is 8.79. The molecule has 1 aromatic heterocycles. The van der Waals surface area contributed by atoms with Crippen molar-refractivity contribution < 1.29 is 14.1 Å². The lowest BCUT2D eigenvalue weighted by atomic mass is 10.3. The Morgan fingerprint density at radius 2 is 2.28 bits per heavy atom. The van der Waals surface area contributed by atoms with Gasteiger partial charge >= 0.3 is 0 Å². The van der Waals surface area contributed by atoms with Crippen molar-refractivity contribution in [2.24, 2.45) is 0 Å². The molecule has 6 heteroatoms. The number of morpholine rings is 1. The summed E-state index contributed by atoms with van der Waals surface area (Å²) >= 11 is 0. The zero-order valence-corrected chi connectivity index (χ0v) is 10.6. The average molecular weight is 253 g/mol. The fourth-order valence-corrected chi connectivity index (χ4v) is 1.80. The van der Waals surface area contributed by atoms with Crippen LogP contribution in [0.4, 0.5) is 0 Å². The van der Waals surface area contributed by atoms with Crippen LogP contribution in [0.5, 0.6) is 0 Å². The highest BCUT2D eigenvalue weighted by Gasteiger charge is 2.16. The van der Waals surface area contributed by atoms with Crippen LogP contribution in [0.15, 0.2) is 10.6 Å². The van der Waals surface area contributed by atoms with Crippen LogP contribution >= 0.6 is 0 Å². The van der Waals surface area contributed by atoms with Gasteiger partial charge in [-0.1, -0.05) is 12.1 Å². The van der Waals surface area contributed by atoms with E-state index in [1.54, 1.807) is 6.07 Å². The Kier molecular flexibility index (Phi) is 4.72. The van der Waals surface area contributed by atoms with Crippen molar-refractivity contribution in [3.8, 4) is 0 Å². The van der Waals surface area contributed by atoms with Gasteiger partial charge in [-0.05, 0) is 6.42 Å². The smallest absolute Gasteiger partial charge is 0.273 e. The van der Waals surface area contributed by atoms with Gasteiger partial charge in [0.15, 0.2) is 11.5 Å². The van der Waals surface area contributed by atoms with Gasteiger partial charge in [-0.15, -0.1) is 0 Å². The molecule has 0 spiro atoms. The van der Waals surface area contributed by atoms with Gasteiger partial charge in [0.1, 0.15) is 0 Å². The number of hydrogen-bond donors (Lipinski definition) is 1. The topological polar surface area (TPSA) is 67.6 Å². The second kappa shape index (κ2) is 6.51. The van der Waals surface area contributed by atoms with E-state index in [0.717, 1.165) is 38.5 Å². The van der Waals surface area contributed by atoms with Crippen molar-refractivity contribution in [2.75, 3.05) is 32.8 Å². The van der Waals surface area contributed by atoms with Gasteiger partial charge in [0.25, 0.3) is 5.91 Å². The van der Waals surface area contributed by atoms with Gasteiger partial charge in [0.05, 0.1) is 19.8 Å². The van der Waals surface area contributed by atoms with E-state index in [9.17, 15) is 4.79 Å². The molecule has 18 heavy (non-hydrogen) atoms. The van der Waals surface area contributed by atoms with Crippen LogP contribution in [0.1, 0.15) is 29.6 Å². The van der Waals surface area contributed by atoms with Crippen molar-refractivity contribution in [3.63, 3.8) is 0 Å². The van der Waals surface area contributed by atoms with Crippen LogP contribution in [-0.4, -0.2) is 48.8 Å². The van der Waals surface area contributed by atoms with E-state index in [1.807, 2.05) is 6.92 Å². The predicted octanol–water partition coefficient (Wildman–Crippen LogP) is 0.647. The molecule has 1 amide bonds. The van der Waals surface area contributed by atoms with Crippen LogP contribution in [0, 0.1) is 0 Å². The maximum Gasteiger partial charge on any atom is 0.273 e. The lowest BCUT2D eigenvalue weighted by molar-refractivity contribution is 0.0305. The molecule has 6 nitrogen and oxygen atoms in total. The molecule has 2 rings (SSSR count). The first-order valence-corrected chi connectivity index (χ1v) is 6.33. The molecule has 1 saturated heterocycles. The molecule has 1 aliphatic heterocycles. The predicted molar refractivity (Wildman–Crippen MR) is 65.2 cm³/mol. The van der Waals surface area contributed by atoms with E-state index < -0.39 is 0 Å². The van der Waals surface area contributed by atoms with E-state index in [2.05, 4.69) is 15.4 Å². The molecule has 1 fully saturated rings. The second-order valence-corrected chi connectivity index (χ2v) is 4.32. The Morgan fingerprint density at radius 1 is 1.50 bits per heavy atom. The average Bonchev–Trinajstić information content (AvgIpc) is 2.86. The third-order valence-electron chi connectivity index (χ3n) is 2.81. The highest BCUT2D eigenvalue weighted by Crippen LogP contribution is 2.09. The summed E-state index contributed by atoms with van der Waals surface area (Å²) in [5.41, 5.74) is 0.353. The van der Waals surface area contributed by atoms with Crippen LogP contribution in [0.25, 0.3) is 0 Å². The molecule has 2 heterocycles. The quantitative estimate of drug-likeness (QED) is 0.834. The summed E-state index contributed by atoms with van der Waals surface area (Å²) in [6.07, 6.45) is 0.907. The van der Waals surface area contributed by atoms with Gasteiger partial charge in [-0.25, -0.2) is 0 Å². The molecule has 0 bridgehead atoms. The normalized spacial score (nSPS) is 16.7. The van der Waals surface area contributed by atoms with Crippen molar-refractivity contribution in [2.45, 2.75) is 19.9 Å². The molecule has 1 N–H and O–H groups in total. The van der Waals surface area contributed by atoms with Crippen molar-refractivity contribution in [3.05, 3.63) is 17.5 Å². The van der Waals surface area contributed by atoms with E-state index in [4.69, 9.17) is 9.26 Å². The van der Waals surface area contributed by atoms with E-state index in [-0.39, 0.29) is 5.91 Å². The number of hydrogen-bond acceptors (Lipinski definition) is 5. The molecule has 0 aromatic carbocycles. The summed E-state index contributed by atoms with van der Waals surface area (Å²) in [7, 11) is 0. The number of aromatic nitrogens is 1. The third-order valence-corrected chi connectivity index (χ3v) is 2.81. The van der Waals surface area contributed by atoms with Gasteiger partial charge < -0.3 is 14.6 Å². The zero-order valence-electron chi connectivity index (χ0n) is 10.6. The molecule has 1 aromatic rings. The monoisotopic (exact) mass is 253 g/mol. The van der Waals surface area contributed by atoms with Crippen molar-refractivity contribution in [1.29, 1.82) is 0 Å². The van der Waals surface area contributed by atoms with Crippen LogP contribution in [0.3, 0.4) is 0 Å².